The summed E-state index contributed by atoms with van der Waals surface area (Å²) >= 11 is 0. The topological polar surface area (TPSA) is 21.3 Å². The molecule has 2 unspecified atom stereocenters. The number of rotatable bonds is 5. The predicted molar refractivity (Wildman–Crippen MR) is 65.1 cm³/mol. The summed E-state index contributed by atoms with van der Waals surface area (Å²) < 4.78 is 5.48. The van der Waals surface area contributed by atoms with E-state index in [1.54, 1.807) is 0 Å². The van der Waals surface area contributed by atoms with Gasteiger partial charge in [-0.2, -0.15) is 0 Å². The van der Waals surface area contributed by atoms with Gasteiger partial charge < -0.3 is 10.1 Å². The van der Waals surface area contributed by atoms with Crippen LogP contribution in [0, 0.1) is 5.92 Å². The molecule has 1 aliphatic heterocycles. The molecule has 2 heteroatoms. The van der Waals surface area contributed by atoms with E-state index in [1.165, 1.54) is 24.8 Å². The van der Waals surface area contributed by atoms with Gasteiger partial charge in [0.25, 0.3) is 0 Å². The van der Waals surface area contributed by atoms with E-state index in [1.807, 2.05) is 0 Å². The Kier molecular flexibility index (Phi) is 5.96. The smallest absolute Gasteiger partial charge is 0.0528 e. The Balaban J connectivity index is 2.35. The van der Waals surface area contributed by atoms with Gasteiger partial charge in [-0.15, -0.1) is 0 Å². The third kappa shape index (κ3) is 4.80. The minimum absolute atomic E-state index is 0.506. The van der Waals surface area contributed by atoms with Crippen LogP contribution in [0.1, 0.15) is 40.0 Å². The molecular weight excluding hydrogens is 186 g/mol. The summed E-state index contributed by atoms with van der Waals surface area (Å²) in [7, 11) is 0. The van der Waals surface area contributed by atoms with E-state index in [9.17, 15) is 0 Å². The first-order chi connectivity index (χ1) is 7.24. The molecule has 15 heavy (non-hydrogen) atoms. The second kappa shape index (κ2) is 7.02. The Bertz CT molecular complexity index is 195. The fraction of sp³-hybridized carbons (Fsp3) is 0.846. The molecule has 0 amide bonds. The van der Waals surface area contributed by atoms with Crippen molar-refractivity contribution < 1.29 is 4.74 Å². The molecule has 1 rings (SSSR count). The lowest BCUT2D eigenvalue weighted by Crippen LogP contribution is -2.28. The van der Waals surface area contributed by atoms with Gasteiger partial charge in [-0.1, -0.05) is 18.6 Å². The molecule has 2 nitrogen and oxygen atoms in total. The van der Waals surface area contributed by atoms with E-state index in [0.717, 1.165) is 19.8 Å². The minimum atomic E-state index is 0.506. The average Bonchev–Trinajstić information content (AvgIpc) is 2.27. The zero-order valence-corrected chi connectivity index (χ0v) is 10.4. The van der Waals surface area contributed by atoms with Gasteiger partial charge in [0.15, 0.2) is 0 Å². The maximum atomic E-state index is 5.48. The van der Waals surface area contributed by atoms with Crippen LogP contribution in [0.4, 0.5) is 0 Å². The summed E-state index contributed by atoms with van der Waals surface area (Å²) in [5.41, 5.74) is 1.46. The summed E-state index contributed by atoms with van der Waals surface area (Å²) in [4.78, 5) is 0. The summed E-state index contributed by atoms with van der Waals surface area (Å²) in [6, 6.07) is 0.506. The highest BCUT2D eigenvalue weighted by molar-refractivity contribution is 5.08. The largest absolute Gasteiger partial charge is 0.381 e. The highest BCUT2D eigenvalue weighted by Crippen LogP contribution is 2.17. The Hall–Kier alpha value is -0.340. The van der Waals surface area contributed by atoms with E-state index < -0.39 is 0 Å². The molecule has 2 atom stereocenters. The molecular formula is C13H25NO. The van der Waals surface area contributed by atoms with Crippen molar-refractivity contribution in [3.63, 3.8) is 0 Å². The molecule has 0 aromatic heterocycles. The zero-order valence-electron chi connectivity index (χ0n) is 10.4. The maximum absolute atomic E-state index is 5.48. The van der Waals surface area contributed by atoms with Gasteiger partial charge in [-0.3, -0.25) is 0 Å². The summed E-state index contributed by atoms with van der Waals surface area (Å²) in [5, 5.41) is 3.51. The first kappa shape index (κ1) is 12.7. The maximum Gasteiger partial charge on any atom is 0.0528 e. The van der Waals surface area contributed by atoms with E-state index in [2.05, 4.69) is 32.2 Å². The summed E-state index contributed by atoms with van der Waals surface area (Å²) in [6.07, 6.45) is 6.10. The van der Waals surface area contributed by atoms with Crippen molar-refractivity contribution in [3.8, 4) is 0 Å². The minimum Gasteiger partial charge on any atom is -0.381 e. The fourth-order valence-electron chi connectivity index (χ4n) is 1.94. The van der Waals surface area contributed by atoms with Crippen LogP contribution in [-0.4, -0.2) is 25.8 Å². The van der Waals surface area contributed by atoms with Crippen LogP contribution >= 0.6 is 0 Å². The Morgan fingerprint density at radius 2 is 2.40 bits per heavy atom. The normalized spacial score (nSPS) is 25.3. The van der Waals surface area contributed by atoms with Gasteiger partial charge in [0.2, 0.25) is 0 Å². The van der Waals surface area contributed by atoms with Crippen molar-refractivity contribution >= 4 is 0 Å². The third-order valence-corrected chi connectivity index (χ3v) is 3.08. The van der Waals surface area contributed by atoms with Gasteiger partial charge in [0.05, 0.1) is 6.61 Å². The molecule has 1 aliphatic rings. The molecule has 1 fully saturated rings. The van der Waals surface area contributed by atoms with E-state index in [-0.39, 0.29) is 0 Å². The van der Waals surface area contributed by atoms with Crippen LogP contribution in [0.2, 0.25) is 0 Å². The first-order valence-corrected chi connectivity index (χ1v) is 6.23. The van der Waals surface area contributed by atoms with Crippen LogP contribution in [0.15, 0.2) is 11.6 Å². The van der Waals surface area contributed by atoms with Gasteiger partial charge in [-0.05, 0) is 39.7 Å². The van der Waals surface area contributed by atoms with Crippen LogP contribution < -0.4 is 5.32 Å². The van der Waals surface area contributed by atoms with Gasteiger partial charge in [-0.25, -0.2) is 0 Å². The highest BCUT2D eigenvalue weighted by Gasteiger charge is 2.12. The summed E-state index contributed by atoms with van der Waals surface area (Å²) in [5.74, 6) is 0.643. The van der Waals surface area contributed by atoms with Crippen LogP contribution in [0.3, 0.4) is 0 Å². The number of ether oxygens (including phenoxy) is 1. The third-order valence-electron chi connectivity index (χ3n) is 3.08. The van der Waals surface area contributed by atoms with Crippen LogP contribution in [0.25, 0.3) is 0 Å². The van der Waals surface area contributed by atoms with Crippen molar-refractivity contribution in [2.45, 2.75) is 46.1 Å². The van der Waals surface area contributed by atoms with Crippen molar-refractivity contribution in [1.29, 1.82) is 0 Å². The first-order valence-electron chi connectivity index (χ1n) is 6.23. The predicted octanol–water partition coefficient (Wildman–Crippen LogP) is 2.75. The molecule has 0 saturated carbocycles. The second-order valence-electron chi connectivity index (χ2n) is 4.56. The lowest BCUT2D eigenvalue weighted by atomic mass is 9.97. The average molecular weight is 211 g/mol. The van der Waals surface area contributed by atoms with Gasteiger partial charge >= 0.3 is 0 Å². The van der Waals surface area contributed by atoms with Crippen molar-refractivity contribution in [2.24, 2.45) is 5.92 Å². The van der Waals surface area contributed by atoms with Gasteiger partial charge in [0, 0.05) is 18.6 Å². The lowest BCUT2D eigenvalue weighted by molar-refractivity contribution is 0.0707. The molecule has 1 saturated heterocycles. The molecule has 0 radical (unpaired) electrons. The molecule has 0 aromatic rings. The molecule has 1 heterocycles. The Morgan fingerprint density at radius 1 is 1.60 bits per heavy atom. The van der Waals surface area contributed by atoms with Crippen LogP contribution in [-0.2, 0) is 4.74 Å². The molecule has 88 valence electrons. The SMILES string of the molecule is CCCNC(C)C(C)=CC1CCCOC1. The molecule has 1 N–H and O–H groups in total. The fourth-order valence-corrected chi connectivity index (χ4v) is 1.94. The molecule has 0 aromatic carbocycles. The lowest BCUT2D eigenvalue weighted by Gasteiger charge is -2.21. The Morgan fingerprint density at radius 3 is 3.00 bits per heavy atom. The van der Waals surface area contributed by atoms with Gasteiger partial charge in [0.1, 0.15) is 0 Å². The quantitative estimate of drug-likeness (QED) is 0.706. The van der Waals surface area contributed by atoms with Crippen molar-refractivity contribution in [1.82, 2.24) is 5.32 Å². The van der Waals surface area contributed by atoms with E-state index >= 15 is 0 Å². The number of hydrogen-bond acceptors (Lipinski definition) is 2. The van der Waals surface area contributed by atoms with Crippen molar-refractivity contribution in [2.75, 3.05) is 19.8 Å². The number of nitrogens with one attached hydrogen (secondary N) is 1. The molecule has 0 aliphatic carbocycles. The van der Waals surface area contributed by atoms with Crippen molar-refractivity contribution in [3.05, 3.63) is 11.6 Å². The zero-order chi connectivity index (χ0) is 11.1. The highest BCUT2D eigenvalue weighted by atomic mass is 16.5. The summed E-state index contributed by atoms with van der Waals surface area (Å²) in [6.45, 7) is 9.64. The second-order valence-corrected chi connectivity index (χ2v) is 4.56. The van der Waals surface area contributed by atoms with Crippen LogP contribution in [0.5, 0.6) is 0 Å². The standard InChI is InChI=1S/C13H25NO/c1-4-7-14-12(3)11(2)9-13-6-5-8-15-10-13/h9,12-14H,4-8,10H2,1-3H3. The molecule has 0 spiro atoms. The Labute approximate surface area is 94.1 Å². The van der Waals surface area contributed by atoms with E-state index in [4.69, 9.17) is 4.74 Å². The number of hydrogen-bond donors (Lipinski definition) is 1. The van der Waals surface area contributed by atoms with E-state index in [0.29, 0.717) is 12.0 Å². The monoisotopic (exact) mass is 211 g/mol. The molecule has 0 bridgehead atoms.